The molecule has 0 atom stereocenters. The summed E-state index contributed by atoms with van der Waals surface area (Å²) in [6, 6.07) is 9.57. The second kappa shape index (κ2) is 11.2. The number of aromatic hydroxyl groups is 1. The molecule has 0 spiro atoms. The molecular formula is C25H32B2O4. The van der Waals surface area contributed by atoms with Crippen LogP contribution in [-0.2, 0) is 4.74 Å². The van der Waals surface area contributed by atoms with Crippen LogP contribution in [0.5, 0.6) is 17.2 Å². The summed E-state index contributed by atoms with van der Waals surface area (Å²) in [7, 11) is 0. The van der Waals surface area contributed by atoms with Crippen LogP contribution >= 0.6 is 0 Å². The molecule has 0 amide bonds. The Morgan fingerprint density at radius 1 is 1.19 bits per heavy atom. The van der Waals surface area contributed by atoms with Crippen molar-refractivity contribution in [1.29, 1.82) is 0 Å². The van der Waals surface area contributed by atoms with Crippen molar-refractivity contribution in [2.45, 2.75) is 46.2 Å². The van der Waals surface area contributed by atoms with E-state index in [2.05, 4.69) is 19.6 Å². The second-order valence-electron chi connectivity index (χ2n) is 8.26. The number of phenols is 1. The predicted molar refractivity (Wildman–Crippen MR) is 131 cm³/mol. The van der Waals surface area contributed by atoms with Crippen LogP contribution in [0, 0.1) is 13.8 Å². The van der Waals surface area contributed by atoms with Crippen LogP contribution in [0.4, 0.5) is 0 Å². The first-order valence-electron chi connectivity index (χ1n) is 11.1. The molecule has 0 aliphatic carbocycles. The molecule has 0 unspecified atom stereocenters. The first kappa shape index (κ1) is 23.2. The maximum atomic E-state index is 10.4. The van der Waals surface area contributed by atoms with E-state index in [0.29, 0.717) is 29.9 Å². The third-order valence-electron chi connectivity index (χ3n) is 5.67. The molecular weight excluding hydrogens is 386 g/mol. The summed E-state index contributed by atoms with van der Waals surface area (Å²) in [4.78, 5) is 0. The van der Waals surface area contributed by atoms with Gasteiger partial charge in [0.2, 0.25) is 0 Å². The molecule has 0 saturated carbocycles. The Morgan fingerprint density at radius 3 is 2.68 bits per heavy atom. The van der Waals surface area contributed by atoms with E-state index in [1.165, 1.54) is 5.56 Å². The molecule has 1 N–H and O–H groups in total. The van der Waals surface area contributed by atoms with E-state index >= 15 is 0 Å². The van der Waals surface area contributed by atoms with Gasteiger partial charge in [-0.3, -0.25) is 0 Å². The predicted octanol–water partition coefficient (Wildman–Crippen LogP) is 3.38. The van der Waals surface area contributed by atoms with E-state index in [4.69, 9.17) is 14.2 Å². The summed E-state index contributed by atoms with van der Waals surface area (Å²) in [5.74, 6) is 3.29. The fourth-order valence-electron chi connectivity index (χ4n) is 3.91. The minimum atomic E-state index is 0.103. The molecule has 0 aromatic heterocycles. The maximum absolute atomic E-state index is 10.4. The topological polar surface area (TPSA) is 47.9 Å². The fraction of sp³-hybridized carbons (Fsp3) is 0.400. The number of ether oxygens (including phenoxy) is 3. The van der Waals surface area contributed by atoms with Gasteiger partial charge >= 0.3 is 186 Å². The monoisotopic (exact) mass is 418 g/mol. The first-order chi connectivity index (χ1) is 15.0. The fourth-order valence-corrected chi connectivity index (χ4v) is 3.91. The third kappa shape index (κ3) is 6.51. The summed E-state index contributed by atoms with van der Waals surface area (Å²) in [5, 5.41) is 11.9. The zero-order chi connectivity index (χ0) is 22.2. The molecule has 1 heterocycles. The normalized spacial score (nSPS) is 15.0. The molecule has 1 aliphatic heterocycles. The Bertz CT molecular complexity index is 1030. The zero-order valence-electron chi connectivity index (χ0n) is 18.9. The van der Waals surface area contributed by atoms with Crippen molar-refractivity contribution in [2.75, 3.05) is 19.8 Å². The van der Waals surface area contributed by atoms with Gasteiger partial charge in [-0.05, 0) is 0 Å². The number of rotatable bonds is 8. The molecule has 1 fully saturated rings. The molecule has 4 nitrogen and oxygen atoms in total. The molecule has 0 bridgehead atoms. The van der Waals surface area contributed by atoms with Gasteiger partial charge in [0, 0.05) is 0 Å². The number of aryl methyl sites for hydroxylation is 2. The molecule has 2 aromatic rings. The van der Waals surface area contributed by atoms with Crippen LogP contribution in [0.25, 0.3) is 12.2 Å². The Morgan fingerprint density at radius 2 is 1.97 bits per heavy atom. The molecule has 1 saturated heterocycles. The first-order valence-corrected chi connectivity index (χ1v) is 11.1. The van der Waals surface area contributed by atoms with Crippen LogP contribution in [0.2, 0.25) is 19.0 Å². The van der Waals surface area contributed by atoms with E-state index in [0.717, 1.165) is 55.1 Å². The quantitative estimate of drug-likeness (QED) is 0.528. The molecule has 31 heavy (non-hydrogen) atoms. The Labute approximate surface area is 186 Å². The molecule has 1 aliphatic rings. The molecule has 3 rings (SSSR count). The van der Waals surface area contributed by atoms with Gasteiger partial charge in [-0.25, -0.2) is 0 Å². The van der Waals surface area contributed by atoms with Gasteiger partial charge in [-0.1, -0.05) is 0 Å². The Hall–Kier alpha value is -2.46. The van der Waals surface area contributed by atoms with Gasteiger partial charge in [-0.15, -0.1) is 0 Å². The number of hydrogen-bond acceptors (Lipinski definition) is 4. The second-order valence-corrected chi connectivity index (χ2v) is 8.26. The molecule has 2 aromatic carbocycles. The number of benzene rings is 2. The van der Waals surface area contributed by atoms with Crippen molar-refractivity contribution in [3.05, 3.63) is 51.9 Å². The summed E-state index contributed by atoms with van der Waals surface area (Å²) < 4.78 is 17.6. The molecule has 0 radical (unpaired) electrons. The van der Waals surface area contributed by atoms with Crippen molar-refractivity contribution >= 4 is 31.8 Å². The summed E-state index contributed by atoms with van der Waals surface area (Å²) in [5.41, 5.74) is 2.93. The van der Waals surface area contributed by atoms with Gasteiger partial charge in [0.05, 0.1) is 0 Å². The van der Waals surface area contributed by atoms with E-state index in [1.54, 1.807) is 6.07 Å². The van der Waals surface area contributed by atoms with Crippen LogP contribution in [0.1, 0.15) is 24.5 Å². The van der Waals surface area contributed by atoms with Gasteiger partial charge in [-0.2, -0.15) is 0 Å². The minimum absolute atomic E-state index is 0.103. The van der Waals surface area contributed by atoms with Crippen LogP contribution in [-0.4, -0.2) is 44.5 Å². The van der Waals surface area contributed by atoms with Crippen molar-refractivity contribution in [1.82, 2.24) is 0 Å². The molecule has 6 heteroatoms. The van der Waals surface area contributed by atoms with Gasteiger partial charge in [0.15, 0.2) is 0 Å². The Balaban J connectivity index is 1.80. The number of phenolic OH excluding ortho intramolecular Hbond substituents is 1. The van der Waals surface area contributed by atoms with Crippen molar-refractivity contribution in [3.8, 4) is 17.2 Å². The van der Waals surface area contributed by atoms with Crippen molar-refractivity contribution < 1.29 is 19.3 Å². The van der Waals surface area contributed by atoms with Crippen LogP contribution in [0.15, 0.2) is 30.3 Å². The Kier molecular flexibility index (Phi) is 8.42. The zero-order valence-corrected chi connectivity index (χ0v) is 18.9. The van der Waals surface area contributed by atoms with E-state index in [-0.39, 0.29) is 5.75 Å². The van der Waals surface area contributed by atoms with E-state index in [9.17, 15) is 5.11 Å². The third-order valence-corrected chi connectivity index (χ3v) is 5.67. The van der Waals surface area contributed by atoms with E-state index < -0.39 is 0 Å². The average molecular weight is 418 g/mol. The summed E-state index contributed by atoms with van der Waals surface area (Å²) >= 11 is 0. The summed E-state index contributed by atoms with van der Waals surface area (Å²) in [6.45, 7) is 15.1. The van der Waals surface area contributed by atoms with E-state index in [1.807, 2.05) is 44.9 Å². The van der Waals surface area contributed by atoms with Gasteiger partial charge in [0.1, 0.15) is 0 Å². The average Bonchev–Trinajstić information content (AvgIpc) is 2.75. The van der Waals surface area contributed by atoms with Crippen molar-refractivity contribution in [2.24, 2.45) is 0 Å². The molecule has 162 valence electrons. The van der Waals surface area contributed by atoms with Gasteiger partial charge in [0.25, 0.3) is 0 Å². The summed E-state index contributed by atoms with van der Waals surface area (Å²) in [6.07, 6.45) is 4.33. The van der Waals surface area contributed by atoms with Crippen LogP contribution in [0.3, 0.4) is 0 Å². The standard InChI is InChI=1S/C25H32B2O4/c1-5-26-25(31-23-8-7-18(2)15-20(23)4)21-17-24(22(28)16-19(21)3)30-12-6-9-27-10-13-29-14-11-27/h5,7-8,15-17,28H,3,6,9-14H2,1-2,4H3/b25-21+. The van der Waals surface area contributed by atoms with Crippen LogP contribution < -0.4 is 19.9 Å². The number of hydrogen-bond donors (Lipinski definition) is 1. The SMILES string of the molecule is C=c1cc(O)c(OCCCB2CCOCC2)c/c1=C(/B=CC)Oc1ccc(C)cc1C. The van der Waals surface area contributed by atoms with Gasteiger partial charge < -0.3 is 0 Å². The van der Waals surface area contributed by atoms with Crippen molar-refractivity contribution in [3.63, 3.8) is 0 Å².